The molecular weight excluding hydrogens is 358 g/mol. The molecule has 0 spiro atoms. The fourth-order valence-electron chi connectivity index (χ4n) is 3.64. The quantitative estimate of drug-likeness (QED) is 0.791. The summed E-state index contributed by atoms with van der Waals surface area (Å²) in [5.41, 5.74) is 0.911. The van der Waals surface area contributed by atoms with Crippen LogP contribution in [-0.4, -0.2) is 51.4 Å². The molecule has 1 N–H and O–H groups in total. The number of amides is 1. The van der Waals surface area contributed by atoms with Gasteiger partial charge in [0, 0.05) is 19.0 Å². The van der Waals surface area contributed by atoms with Crippen LogP contribution in [0.15, 0.2) is 36.5 Å². The van der Waals surface area contributed by atoms with Crippen LogP contribution in [-0.2, 0) is 4.79 Å². The van der Waals surface area contributed by atoms with E-state index in [1.165, 1.54) is 6.20 Å². The monoisotopic (exact) mass is 385 g/mol. The number of benzene rings is 1. The molecule has 150 valence electrons. The van der Waals surface area contributed by atoms with E-state index in [9.17, 15) is 14.7 Å². The highest BCUT2D eigenvalue weighted by Crippen LogP contribution is 2.26. The number of carbonyl (C=O) groups is 2. The summed E-state index contributed by atoms with van der Waals surface area (Å²) in [6.07, 6.45) is 3.64. The van der Waals surface area contributed by atoms with Crippen molar-refractivity contribution in [2.24, 2.45) is 5.92 Å². The second-order valence-electron chi connectivity index (χ2n) is 7.30. The number of carbonyl (C=O) groups excluding carboxylic acids is 1. The lowest BCUT2D eigenvalue weighted by molar-refractivity contribution is -0.136. The molecule has 1 aromatic carbocycles. The number of likely N-dealkylation sites (tertiary alicyclic amines) is 1. The zero-order chi connectivity index (χ0) is 20.1. The number of carboxylic acid groups (broad SMARTS) is 1. The Morgan fingerprint density at radius 1 is 1.25 bits per heavy atom. The first-order valence-corrected chi connectivity index (χ1v) is 9.71. The fraction of sp³-hybridized carbons (Fsp3) is 0.476. The molecular formula is C21H27N3O4. The van der Waals surface area contributed by atoms with Gasteiger partial charge in [-0.05, 0) is 38.3 Å². The van der Waals surface area contributed by atoms with Crippen molar-refractivity contribution in [3.05, 3.63) is 47.8 Å². The normalized spacial score (nSPS) is 16.0. The number of aromatic nitrogens is 2. The highest BCUT2D eigenvalue weighted by atomic mass is 16.5. The Morgan fingerprint density at radius 2 is 1.93 bits per heavy atom. The van der Waals surface area contributed by atoms with Crippen molar-refractivity contribution in [3.8, 4) is 5.75 Å². The number of rotatable bonds is 7. The lowest BCUT2D eigenvalue weighted by Gasteiger charge is -2.34. The number of carboxylic acids is 1. The fourth-order valence-corrected chi connectivity index (χ4v) is 3.64. The van der Waals surface area contributed by atoms with E-state index in [0.29, 0.717) is 31.8 Å². The van der Waals surface area contributed by atoms with E-state index < -0.39 is 5.97 Å². The molecule has 1 atom stereocenters. The maximum absolute atomic E-state index is 12.7. The summed E-state index contributed by atoms with van der Waals surface area (Å²) in [5, 5.41) is 13.4. The van der Waals surface area contributed by atoms with Gasteiger partial charge in [0.05, 0.1) is 24.5 Å². The summed E-state index contributed by atoms with van der Waals surface area (Å²) < 4.78 is 7.49. The number of hydrogen-bond acceptors (Lipinski definition) is 4. The number of para-hydroxylation sites is 1. The predicted molar refractivity (Wildman–Crippen MR) is 104 cm³/mol. The Morgan fingerprint density at radius 3 is 2.54 bits per heavy atom. The van der Waals surface area contributed by atoms with Crippen molar-refractivity contribution >= 4 is 11.9 Å². The van der Waals surface area contributed by atoms with Gasteiger partial charge in [0.15, 0.2) is 0 Å². The molecule has 2 aromatic rings. The molecule has 0 aliphatic carbocycles. The van der Waals surface area contributed by atoms with E-state index in [1.54, 1.807) is 11.6 Å². The Bertz CT molecular complexity index is 810. The van der Waals surface area contributed by atoms with E-state index in [-0.39, 0.29) is 23.4 Å². The number of piperidine rings is 1. The highest BCUT2D eigenvalue weighted by molar-refractivity contribution is 5.88. The van der Waals surface area contributed by atoms with Crippen LogP contribution >= 0.6 is 0 Å². The summed E-state index contributed by atoms with van der Waals surface area (Å²) in [6, 6.07) is 9.74. The largest absolute Gasteiger partial charge is 0.494 e. The lowest BCUT2D eigenvalue weighted by atomic mass is 10.0. The minimum atomic E-state index is -0.956. The van der Waals surface area contributed by atoms with Crippen LogP contribution in [0.25, 0.3) is 0 Å². The van der Waals surface area contributed by atoms with Crippen LogP contribution in [0.4, 0.5) is 0 Å². The third-order valence-electron chi connectivity index (χ3n) is 5.38. The topological polar surface area (TPSA) is 84.7 Å². The Labute approximate surface area is 164 Å². The first kappa shape index (κ1) is 19.9. The van der Waals surface area contributed by atoms with Crippen LogP contribution < -0.4 is 4.74 Å². The Balaban J connectivity index is 1.47. The van der Waals surface area contributed by atoms with Crippen molar-refractivity contribution < 1.29 is 19.4 Å². The first-order chi connectivity index (χ1) is 13.5. The van der Waals surface area contributed by atoms with Gasteiger partial charge in [-0.25, -0.2) is 4.79 Å². The molecule has 2 heterocycles. The molecule has 0 radical (unpaired) electrons. The van der Waals surface area contributed by atoms with Gasteiger partial charge in [-0.3, -0.25) is 9.48 Å². The third kappa shape index (κ3) is 4.52. The van der Waals surface area contributed by atoms with E-state index >= 15 is 0 Å². The molecule has 7 heteroatoms. The smallest absolute Gasteiger partial charge is 0.339 e. The zero-order valence-corrected chi connectivity index (χ0v) is 16.4. The lowest BCUT2D eigenvalue weighted by Crippen LogP contribution is -2.42. The summed E-state index contributed by atoms with van der Waals surface area (Å²) in [6.45, 7) is 5.56. The Kier molecular flexibility index (Phi) is 6.34. The molecule has 1 aliphatic rings. The second-order valence-corrected chi connectivity index (χ2v) is 7.30. The minimum Gasteiger partial charge on any atom is -0.494 e. The average molecular weight is 385 g/mol. The number of ether oxygens (including phenoxy) is 1. The Hall–Kier alpha value is -2.83. The van der Waals surface area contributed by atoms with Gasteiger partial charge in [-0.2, -0.15) is 5.10 Å². The molecule has 3 rings (SSSR count). The van der Waals surface area contributed by atoms with E-state index in [0.717, 1.165) is 18.6 Å². The highest BCUT2D eigenvalue weighted by Gasteiger charge is 2.28. The molecule has 28 heavy (non-hydrogen) atoms. The standard InChI is InChI=1S/C21H27N3O4/c1-15(10-13-28-18-6-4-3-5-7-18)20(25)23-11-8-17(9-12-23)24-16(2)19(14-22-24)21(26)27/h3-7,14-15,17H,8-13H2,1-2H3,(H,26,27). The van der Waals surface area contributed by atoms with E-state index in [1.807, 2.05) is 42.2 Å². The van der Waals surface area contributed by atoms with Gasteiger partial charge in [0.2, 0.25) is 5.91 Å². The molecule has 7 nitrogen and oxygen atoms in total. The summed E-state index contributed by atoms with van der Waals surface area (Å²) >= 11 is 0. The molecule has 1 aromatic heterocycles. The SMILES string of the molecule is Cc1c(C(=O)O)cnn1C1CCN(C(=O)C(C)CCOc2ccccc2)CC1. The molecule has 1 unspecified atom stereocenters. The summed E-state index contributed by atoms with van der Waals surface area (Å²) in [4.78, 5) is 25.8. The second kappa shape index (κ2) is 8.91. The van der Waals surface area contributed by atoms with Crippen molar-refractivity contribution in [3.63, 3.8) is 0 Å². The maximum atomic E-state index is 12.7. The molecule has 1 aliphatic heterocycles. The van der Waals surface area contributed by atoms with Gasteiger partial charge in [0.1, 0.15) is 11.3 Å². The first-order valence-electron chi connectivity index (χ1n) is 9.71. The number of nitrogens with zero attached hydrogens (tertiary/aromatic N) is 3. The minimum absolute atomic E-state index is 0.0923. The van der Waals surface area contributed by atoms with Crippen molar-refractivity contribution in [2.45, 2.75) is 39.2 Å². The van der Waals surface area contributed by atoms with Crippen molar-refractivity contribution in [1.82, 2.24) is 14.7 Å². The molecule has 1 amide bonds. The van der Waals surface area contributed by atoms with Crippen molar-refractivity contribution in [2.75, 3.05) is 19.7 Å². The summed E-state index contributed by atoms with van der Waals surface area (Å²) in [5.74, 6) is -0.0787. The van der Waals surface area contributed by atoms with Crippen LogP contribution in [0.2, 0.25) is 0 Å². The molecule has 1 saturated heterocycles. The zero-order valence-electron chi connectivity index (χ0n) is 16.4. The van der Waals surface area contributed by atoms with Gasteiger partial charge >= 0.3 is 5.97 Å². The van der Waals surface area contributed by atoms with Gasteiger partial charge in [0.25, 0.3) is 0 Å². The van der Waals surface area contributed by atoms with Crippen LogP contribution in [0, 0.1) is 12.8 Å². The number of hydrogen-bond donors (Lipinski definition) is 1. The number of aromatic carboxylic acids is 1. The van der Waals surface area contributed by atoms with Gasteiger partial charge < -0.3 is 14.7 Å². The van der Waals surface area contributed by atoms with E-state index in [2.05, 4.69) is 5.10 Å². The predicted octanol–water partition coefficient (Wildman–Crippen LogP) is 3.16. The molecule has 0 bridgehead atoms. The molecule has 1 fully saturated rings. The van der Waals surface area contributed by atoms with Gasteiger partial charge in [-0.1, -0.05) is 25.1 Å². The maximum Gasteiger partial charge on any atom is 0.339 e. The van der Waals surface area contributed by atoms with Crippen LogP contribution in [0.5, 0.6) is 5.75 Å². The van der Waals surface area contributed by atoms with Crippen LogP contribution in [0.3, 0.4) is 0 Å². The average Bonchev–Trinajstić information content (AvgIpc) is 3.10. The third-order valence-corrected chi connectivity index (χ3v) is 5.38. The molecule has 0 saturated carbocycles. The van der Waals surface area contributed by atoms with Gasteiger partial charge in [-0.15, -0.1) is 0 Å². The summed E-state index contributed by atoms with van der Waals surface area (Å²) in [7, 11) is 0. The van der Waals surface area contributed by atoms with Crippen molar-refractivity contribution in [1.29, 1.82) is 0 Å². The van der Waals surface area contributed by atoms with E-state index in [4.69, 9.17) is 4.74 Å². The van der Waals surface area contributed by atoms with Crippen LogP contribution in [0.1, 0.15) is 48.3 Å².